The molecule has 0 atom stereocenters. The molecular formula is C19H16N2O2. The van der Waals surface area contributed by atoms with E-state index in [2.05, 4.69) is 0 Å². The van der Waals surface area contributed by atoms with Crippen LogP contribution in [0.25, 0.3) is 0 Å². The molecule has 0 fully saturated rings. The Morgan fingerprint density at radius 1 is 0.609 bits per heavy atom. The zero-order valence-electron chi connectivity index (χ0n) is 12.4. The van der Waals surface area contributed by atoms with Crippen LogP contribution in [0.5, 0.6) is 0 Å². The molecule has 0 bridgehead atoms. The monoisotopic (exact) mass is 304 g/mol. The number of hydrazine groups is 1. The molecule has 3 aromatic carbocycles. The molecule has 0 aliphatic heterocycles. The van der Waals surface area contributed by atoms with Crippen LogP contribution in [0.15, 0.2) is 91.0 Å². The van der Waals surface area contributed by atoms with E-state index >= 15 is 0 Å². The largest absolute Gasteiger partial charge is 0.463 e. The standard InChI is InChI=1S/C19H16N2O2/c22-19(23)21(18-14-8-3-9-15-18)20(16-10-4-1-5-11-16)17-12-6-2-7-13-17/h1-15H,(H,22,23). The fourth-order valence-corrected chi connectivity index (χ4v) is 2.40. The highest BCUT2D eigenvalue weighted by molar-refractivity contribution is 5.92. The molecule has 4 nitrogen and oxygen atoms in total. The van der Waals surface area contributed by atoms with Gasteiger partial charge in [-0.3, -0.25) is 0 Å². The minimum absolute atomic E-state index is 0.577. The Hall–Kier alpha value is -3.27. The van der Waals surface area contributed by atoms with Crippen molar-refractivity contribution in [2.75, 3.05) is 10.0 Å². The number of benzene rings is 3. The van der Waals surface area contributed by atoms with Crippen LogP contribution in [0, 0.1) is 0 Å². The van der Waals surface area contributed by atoms with Crippen LogP contribution in [-0.4, -0.2) is 11.2 Å². The highest BCUT2D eigenvalue weighted by Crippen LogP contribution is 2.30. The summed E-state index contributed by atoms with van der Waals surface area (Å²) in [5, 5.41) is 12.7. The van der Waals surface area contributed by atoms with E-state index in [-0.39, 0.29) is 0 Å². The van der Waals surface area contributed by atoms with Gasteiger partial charge in [0.1, 0.15) is 0 Å². The van der Waals surface area contributed by atoms with Gasteiger partial charge in [0.05, 0.1) is 17.1 Å². The third kappa shape index (κ3) is 3.16. The van der Waals surface area contributed by atoms with E-state index in [9.17, 15) is 9.90 Å². The van der Waals surface area contributed by atoms with Crippen LogP contribution in [0.2, 0.25) is 0 Å². The molecule has 4 heteroatoms. The van der Waals surface area contributed by atoms with Gasteiger partial charge in [-0.2, -0.15) is 5.01 Å². The Bertz CT molecular complexity index is 722. The zero-order valence-corrected chi connectivity index (χ0v) is 12.4. The highest BCUT2D eigenvalue weighted by atomic mass is 16.4. The van der Waals surface area contributed by atoms with Gasteiger partial charge in [0, 0.05) is 0 Å². The number of nitrogens with zero attached hydrogens (tertiary/aromatic N) is 2. The number of hydrogen-bond donors (Lipinski definition) is 1. The van der Waals surface area contributed by atoms with Crippen LogP contribution in [0.3, 0.4) is 0 Å². The minimum atomic E-state index is -1.05. The molecule has 23 heavy (non-hydrogen) atoms. The van der Waals surface area contributed by atoms with E-state index in [0.717, 1.165) is 11.4 Å². The van der Waals surface area contributed by atoms with Crippen molar-refractivity contribution in [1.29, 1.82) is 0 Å². The number of rotatable bonds is 4. The van der Waals surface area contributed by atoms with Crippen LogP contribution >= 0.6 is 0 Å². The number of para-hydroxylation sites is 3. The lowest BCUT2D eigenvalue weighted by molar-refractivity contribution is 0.202. The predicted molar refractivity (Wildman–Crippen MR) is 92.0 cm³/mol. The summed E-state index contributed by atoms with van der Waals surface area (Å²) in [7, 11) is 0. The van der Waals surface area contributed by atoms with Crippen molar-refractivity contribution < 1.29 is 9.90 Å². The number of amides is 1. The van der Waals surface area contributed by atoms with Gasteiger partial charge in [-0.15, -0.1) is 0 Å². The van der Waals surface area contributed by atoms with Gasteiger partial charge in [-0.1, -0.05) is 54.6 Å². The first-order valence-corrected chi connectivity index (χ1v) is 7.25. The molecule has 3 aromatic rings. The second kappa shape index (κ2) is 6.66. The summed E-state index contributed by atoms with van der Waals surface area (Å²) >= 11 is 0. The summed E-state index contributed by atoms with van der Waals surface area (Å²) in [6.07, 6.45) is -1.05. The van der Waals surface area contributed by atoms with Gasteiger partial charge in [0.15, 0.2) is 0 Å². The van der Waals surface area contributed by atoms with Gasteiger partial charge < -0.3 is 5.11 Å². The van der Waals surface area contributed by atoms with Crippen molar-refractivity contribution in [3.8, 4) is 0 Å². The topological polar surface area (TPSA) is 43.8 Å². The second-order valence-corrected chi connectivity index (χ2v) is 4.91. The molecule has 0 saturated carbocycles. The maximum absolute atomic E-state index is 12.0. The van der Waals surface area contributed by atoms with E-state index in [0.29, 0.717) is 5.69 Å². The van der Waals surface area contributed by atoms with Crippen LogP contribution in [-0.2, 0) is 0 Å². The van der Waals surface area contributed by atoms with Gasteiger partial charge in [-0.05, 0) is 36.4 Å². The Morgan fingerprint density at radius 3 is 1.30 bits per heavy atom. The maximum Gasteiger partial charge on any atom is 0.431 e. The van der Waals surface area contributed by atoms with Crippen molar-refractivity contribution in [2.24, 2.45) is 0 Å². The lowest BCUT2D eigenvalue weighted by Crippen LogP contribution is -2.43. The first-order chi connectivity index (χ1) is 11.3. The van der Waals surface area contributed by atoms with Gasteiger partial charge in [0.2, 0.25) is 0 Å². The van der Waals surface area contributed by atoms with Gasteiger partial charge in [0.25, 0.3) is 0 Å². The first kappa shape index (κ1) is 14.7. The van der Waals surface area contributed by atoms with Crippen molar-refractivity contribution in [3.05, 3.63) is 91.0 Å². The lowest BCUT2D eigenvalue weighted by atomic mass is 10.2. The van der Waals surface area contributed by atoms with Crippen molar-refractivity contribution in [1.82, 2.24) is 0 Å². The summed E-state index contributed by atoms with van der Waals surface area (Å²) in [6, 6.07) is 27.9. The smallest absolute Gasteiger partial charge is 0.431 e. The fraction of sp³-hybridized carbons (Fsp3) is 0. The Labute approximate surface area is 134 Å². The number of carboxylic acid groups (broad SMARTS) is 1. The van der Waals surface area contributed by atoms with E-state index in [1.54, 1.807) is 17.1 Å². The third-order valence-electron chi connectivity index (χ3n) is 3.38. The predicted octanol–water partition coefficient (Wildman–Crippen LogP) is 4.92. The summed E-state index contributed by atoms with van der Waals surface area (Å²) < 4.78 is 0. The minimum Gasteiger partial charge on any atom is -0.463 e. The molecule has 114 valence electrons. The average Bonchev–Trinajstić information content (AvgIpc) is 2.61. The molecule has 3 rings (SSSR count). The molecular weight excluding hydrogens is 288 g/mol. The third-order valence-corrected chi connectivity index (χ3v) is 3.38. The quantitative estimate of drug-likeness (QED) is 0.695. The summed E-state index contributed by atoms with van der Waals surface area (Å²) in [4.78, 5) is 12.0. The first-order valence-electron chi connectivity index (χ1n) is 7.25. The van der Waals surface area contributed by atoms with Crippen molar-refractivity contribution in [2.45, 2.75) is 0 Å². The van der Waals surface area contributed by atoms with Crippen LogP contribution in [0.1, 0.15) is 0 Å². The fourth-order valence-electron chi connectivity index (χ4n) is 2.40. The van der Waals surface area contributed by atoms with E-state index in [4.69, 9.17) is 0 Å². The molecule has 0 unspecified atom stereocenters. The van der Waals surface area contributed by atoms with Gasteiger partial charge >= 0.3 is 6.09 Å². The number of anilines is 3. The summed E-state index contributed by atoms with van der Waals surface area (Å²) in [6.45, 7) is 0. The summed E-state index contributed by atoms with van der Waals surface area (Å²) in [5.41, 5.74) is 2.11. The van der Waals surface area contributed by atoms with E-state index in [1.807, 2.05) is 78.9 Å². The Balaban J connectivity index is 2.15. The second-order valence-electron chi connectivity index (χ2n) is 4.91. The molecule has 0 aliphatic carbocycles. The average molecular weight is 304 g/mol. The normalized spacial score (nSPS) is 10.1. The molecule has 1 N–H and O–H groups in total. The Kier molecular flexibility index (Phi) is 4.25. The SMILES string of the molecule is O=C(O)N(c1ccccc1)N(c1ccccc1)c1ccccc1. The number of hydrogen-bond acceptors (Lipinski definition) is 2. The molecule has 0 aliphatic rings. The van der Waals surface area contributed by atoms with E-state index < -0.39 is 6.09 Å². The zero-order chi connectivity index (χ0) is 16.1. The van der Waals surface area contributed by atoms with Gasteiger partial charge in [-0.25, -0.2) is 9.80 Å². The summed E-state index contributed by atoms with van der Waals surface area (Å²) in [5.74, 6) is 0. The number of carbonyl (C=O) groups is 1. The molecule has 0 heterocycles. The molecule has 0 aromatic heterocycles. The highest BCUT2D eigenvalue weighted by Gasteiger charge is 2.24. The molecule has 0 spiro atoms. The van der Waals surface area contributed by atoms with Crippen LogP contribution < -0.4 is 10.0 Å². The van der Waals surface area contributed by atoms with Crippen molar-refractivity contribution in [3.63, 3.8) is 0 Å². The van der Waals surface area contributed by atoms with Crippen molar-refractivity contribution >= 4 is 23.2 Å². The molecule has 1 amide bonds. The molecule has 0 saturated heterocycles. The Morgan fingerprint density at radius 2 is 0.957 bits per heavy atom. The lowest BCUT2D eigenvalue weighted by Gasteiger charge is -2.34. The van der Waals surface area contributed by atoms with E-state index in [1.165, 1.54) is 5.01 Å². The van der Waals surface area contributed by atoms with Crippen LogP contribution in [0.4, 0.5) is 21.9 Å². The maximum atomic E-state index is 12.0. The molecule has 0 radical (unpaired) electrons.